The number of amides is 3. The summed E-state index contributed by atoms with van der Waals surface area (Å²) < 4.78 is 5.99. The van der Waals surface area contributed by atoms with Gasteiger partial charge in [-0.25, -0.2) is 4.79 Å². The van der Waals surface area contributed by atoms with Crippen LogP contribution < -0.4 is 31.3 Å². The van der Waals surface area contributed by atoms with Crippen LogP contribution in [0.15, 0.2) is 59.1 Å². The third-order valence-corrected chi connectivity index (χ3v) is 8.92. The smallest absolute Gasteiger partial charge is 0.326 e. The predicted octanol–water partition coefficient (Wildman–Crippen LogP) is 3.58. The number of thioether (sulfide) groups is 1. The molecule has 0 spiro atoms. The Hall–Kier alpha value is -3.01. The average molecular weight is 506 g/mol. The maximum absolute atomic E-state index is 13.5. The van der Waals surface area contributed by atoms with E-state index in [2.05, 4.69) is 16.0 Å². The molecule has 3 amide bonds. The number of benzene rings is 2. The number of para-hydroxylation sites is 1. The second-order valence-electron chi connectivity index (χ2n) is 10.0. The van der Waals surface area contributed by atoms with E-state index in [1.807, 2.05) is 60.4 Å². The molecule has 188 valence electrons. The molecule has 5 N–H and O–H groups in total. The summed E-state index contributed by atoms with van der Waals surface area (Å²) in [5, 5.41) is 9.85. The first-order valence-electron chi connectivity index (χ1n) is 12.6. The summed E-state index contributed by atoms with van der Waals surface area (Å²) in [5.74, 6) is 1.42. The number of hydrogen-bond donors (Lipinski definition) is 4. The van der Waals surface area contributed by atoms with Gasteiger partial charge in [-0.2, -0.15) is 0 Å². The maximum Gasteiger partial charge on any atom is 0.326 e. The summed E-state index contributed by atoms with van der Waals surface area (Å²) >= 11 is 1.53. The van der Waals surface area contributed by atoms with Crippen LogP contribution in [0.3, 0.4) is 0 Å². The van der Waals surface area contributed by atoms with Crippen LogP contribution in [0.2, 0.25) is 0 Å². The van der Waals surface area contributed by atoms with Crippen molar-refractivity contribution in [3.05, 3.63) is 64.7 Å². The maximum atomic E-state index is 13.5. The fourth-order valence-corrected chi connectivity index (χ4v) is 7.29. The standard InChI is InChI=1S/C27H31N5O3S/c1-15-13-19(35-18-5-3-2-4-6-18)9-10-20(15)32-21-11-12-29-26-22(21)23(31-27(32)34)24(36-26)25(33)30-17-8-7-16(28)14-17/h2-6,9-10,13,16-17,21-22,26,29H,7-8,11-12,14,28H2,1H3,(H,30,33)(H,31,34)/t16-,17-,21?,22?,26?/m1/s1. The second kappa shape index (κ2) is 9.46. The molecule has 5 atom stereocenters. The van der Waals surface area contributed by atoms with E-state index >= 15 is 0 Å². The van der Waals surface area contributed by atoms with Crippen LogP contribution in [-0.2, 0) is 4.79 Å². The zero-order chi connectivity index (χ0) is 24.8. The van der Waals surface area contributed by atoms with Gasteiger partial charge in [0.25, 0.3) is 5.91 Å². The van der Waals surface area contributed by atoms with Gasteiger partial charge in [-0.05, 0) is 75.0 Å². The van der Waals surface area contributed by atoms with Crippen LogP contribution >= 0.6 is 11.8 Å². The highest BCUT2D eigenvalue weighted by Gasteiger charge is 2.52. The van der Waals surface area contributed by atoms with Gasteiger partial charge in [0, 0.05) is 29.4 Å². The third-order valence-electron chi connectivity index (χ3n) is 7.56. The number of nitrogens with one attached hydrogen (secondary N) is 3. The van der Waals surface area contributed by atoms with Crippen LogP contribution in [0.1, 0.15) is 31.2 Å². The summed E-state index contributed by atoms with van der Waals surface area (Å²) in [6.07, 6.45) is 3.44. The van der Waals surface area contributed by atoms with Crippen molar-refractivity contribution in [2.45, 2.75) is 56.1 Å². The molecule has 1 aliphatic carbocycles. The normalized spacial score (nSPS) is 29.1. The lowest BCUT2D eigenvalue weighted by Crippen LogP contribution is -2.62. The van der Waals surface area contributed by atoms with Gasteiger partial charge in [0.05, 0.1) is 16.3 Å². The number of carbonyl (C=O) groups is 2. The zero-order valence-electron chi connectivity index (χ0n) is 20.2. The van der Waals surface area contributed by atoms with Gasteiger partial charge in [-0.1, -0.05) is 30.0 Å². The Labute approximate surface area is 215 Å². The van der Waals surface area contributed by atoms with E-state index in [0.29, 0.717) is 4.91 Å². The van der Waals surface area contributed by atoms with Crippen LogP contribution in [0.4, 0.5) is 10.5 Å². The molecule has 9 heteroatoms. The number of nitrogens with two attached hydrogens (primary N) is 1. The average Bonchev–Trinajstić information content (AvgIpc) is 3.44. The molecule has 4 aliphatic rings. The van der Waals surface area contributed by atoms with Gasteiger partial charge >= 0.3 is 6.03 Å². The molecular weight excluding hydrogens is 474 g/mol. The molecule has 3 unspecified atom stereocenters. The number of nitrogens with zero attached hydrogens (tertiary/aromatic N) is 1. The van der Waals surface area contributed by atoms with Crippen molar-refractivity contribution in [3.63, 3.8) is 0 Å². The number of hydrogen-bond acceptors (Lipinski definition) is 6. The van der Waals surface area contributed by atoms with E-state index in [1.165, 1.54) is 11.8 Å². The van der Waals surface area contributed by atoms with Crippen LogP contribution in [0.25, 0.3) is 0 Å². The fraction of sp³-hybridized carbons (Fsp3) is 0.407. The lowest BCUT2D eigenvalue weighted by atomic mass is 9.86. The third kappa shape index (κ3) is 4.25. The van der Waals surface area contributed by atoms with Crippen molar-refractivity contribution < 1.29 is 14.3 Å². The van der Waals surface area contributed by atoms with Gasteiger partial charge in [0.15, 0.2) is 0 Å². The topological polar surface area (TPSA) is 109 Å². The molecule has 8 nitrogen and oxygen atoms in total. The Balaban J connectivity index is 1.25. The summed E-state index contributed by atoms with van der Waals surface area (Å²) in [6.45, 7) is 2.79. The number of carbonyl (C=O) groups excluding carboxylic acids is 2. The molecule has 3 fully saturated rings. The number of rotatable bonds is 5. The molecule has 6 rings (SSSR count). The highest BCUT2D eigenvalue weighted by Crippen LogP contribution is 2.48. The highest BCUT2D eigenvalue weighted by molar-refractivity contribution is 8.04. The van der Waals surface area contributed by atoms with Crippen molar-refractivity contribution in [1.82, 2.24) is 16.0 Å². The van der Waals surface area contributed by atoms with E-state index in [1.54, 1.807) is 0 Å². The van der Waals surface area contributed by atoms with Crippen LogP contribution in [-0.4, -0.2) is 42.0 Å². The van der Waals surface area contributed by atoms with E-state index in [4.69, 9.17) is 10.5 Å². The summed E-state index contributed by atoms with van der Waals surface area (Å²) in [4.78, 5) is 29.2. The molecule has 0 bridgehead atoms. The summed E-state index contributed by atoms with van der Waals surface area (Å²) in [5.41, 5.74) is 8.61. The van der Waals surface area contributed by atoms with Gasteiger partial charge in [-0.3, -0.25) is 9.69 Å². The van der Waals surface area contributed by atoms with Crippen LogP contribution in [0.5, 0.6) is 11.5 Å². The molecule has 2 aromatic rings. The number of ether oxygens (including phenoxy) is 1. The minimum absolute atomic E-state index is 0.0210. The van der Waals surface area contributed by atoms with Gasteiger partial charge in [0.1, 0.15) is 11.5 Å². The van der Waals surface area contributed by atoms with Crippen molar-refractivity contribution >= 4 is 29.4 Å². The Bertz CT molecular complexity index is 1220. The quantitative estimate of drug-likeness (QED) is 0.495. The number of urea groups is 1. The summed E-state index contributed by atoms with van der Waals surface area (Å²) in [6, 6.07) is 15.5. The van der Waals surface area contributed by atoms with E-state index in [9.17, 15) is 9.59 Å². The number of anilines is 1. The second-order valence-corrected chi connectivity index (χ2v) is 11.2. The Morgan fingerprint density at radius 2 is 1.97 bits per heavy atom. The van der Waals surface area contributed by atoms with Crippen molar-refractivity contribution in [2.24, 2.45) is 11.7 Å². The zero-order valence-corrected chi connectivity index (χ0v) is 21.0. The first-order valence-corrected chi connectivity index (χ1v) is 13.5. The van der Waals surface area contributed by atoms with Crippen molar-refractivity contribution in [3.8, 4) is 11.5 Å². The number of piperidine rings is 1. The SMILES string of the molecule is Cc1cc(Oc2ccccc2)ccc1N1C(=O)NC2=C(C(=O)N[C@@H]3CC[C@@H](N)C3)SC3NCCC1C23. The Morgan fingerprint density at radius 1 is 1.14 bits per heavy atom. The van der Waals surface area contributed by atoms with Gasteiger partial charge in [-0.15, -0.1) is 0 Å². The minimum Gasteiger partial charge on any atom is -0.457 e. The minimum atomic E-state index is -0.192. The molecule has 36 heavy (non-hydrogen) atoms. The first kappa shape index (κ1) is 23.4. The molecule has 3 heterocycles. The Morgan fingerprint density at radius 3 is 2.72 bits per heavy atom. The number of aryl methyl sites for hydroxylation is 1. The molecule has 2 saturated heterocycles. The van der Waals surface area contributed by atoms with Gasteiger partial charge < -0.3 is 26.4 Å². The van der Waals surface area contributed by atoms with Crippen molar-refractivity contribution in [1.29, 1.82) is 0 Å². The van der Waals surface area contributed by atoms with Crippen LogP contribution in [0, 0.1) is 12.8 Å². The molecule has 2 aromatic carbocycles. The lowest BCUT2D eigenvalue weighted by Gasteiger charge is -2.46. The Kier molecular flexibility index (Phi) is 6.15. The molecule has 1 saturated carbocycles. The molecule has 0 radical (unpaired) electrons. The largest absolute Gasteiger partial charge is 0.457 e. The fourth-order valence-electron chi connectivity index (χ4n) is 5.89. The molecule has 0 aromatic heterocycles. The van der Waals surface area contributed by atoms with Gasteiger partial charge in [0.2, 0.25) is 0 Å². The summed E-state index contributed by atoms with van der Waals surface area (Å²) in [7, 11) is 0. The highest BCUT2D eigenvalue weighted by atomic mass is 32.2. The predicted molar refractivity (Wildman–Crippen MR) is 141 cm³/mol. The van der Waals surface area contributed by atoms with Crippen molar-refractivity contribution in [2.75, 3.05) is 11.4 Å². The molecular formula is C27H31N5O3S. The van der Waals surface area contributed by atoms with E-state index < -0.39 is 0 Å². The van der Waals surface area contributed by atoms with E-state index in [-0.39, 0.29) is 41.4 Å². The van der Waals surface area contributed by atoms with E-state index in [0.717, 1.165) is 60.7 Å². The monoisotopic (exact) mass is 505 g/mol. The lowest BCUT2D eigenvalue weighted by molar-refractivity contribution is -0.117. The first-order chi connectivity index (χ1) is 17.5. The molecule has 3 aliphatic heterocycles.